The van der Waals surface area contributed by atoms with Crippen LogP contribution in [-0.4, -0.2) is 25.0 Å². The van der Waals surface area contributed by atoms with E-state index in [9.17, 15) is 0 Å². The lowest BCUT2D eigenvalue weighted by atomic mass is 9.99. The van der Waals surface area contributed by atoms with Gasteiger partial charge in [0.15, 0.2) is 0 Å². The highest BCUT2D eigenvalue weighted by Gasteiger charge is 2.10. The maximum Gasteiger partial charge on any atom is 0.00891 e. The molecule has 1 heteroatoms. The summed E-state index contributed by atoms with van der Waals surface area (Å²) in [6, 6.07) is 0.816. The first-order valence-electron chi connectivity index (χ1n) is 17.5. The lowest BCUT2D eigenvalue weighted by Crippen LogP contribution is -2.27. The van der Waals surface area contributed by atoms with Gasteiger partial charge in [-0.05, 0) is 52.6 Å². The summed E-state index contributed by atoms with van der Waals surface area (Å²) >= 11 is 0. The molecule has 0 saturated heterocycles. The summed E-state index contributed by atoms with van der Waals surface area (Å²) in [5.41, 5.74) is 0. The van der Waals surface area contributed by atoms with E-state index < -0.39 is 0 Å². The fraction of sp³-hybridized carbons (Fsp3) is 0.944. The molecule has 222 valence electrons. The molecule has 0 amide bonds. The van der Waals surface area contributed by atoms with Crippen molar-refractivity contribution in [2.45, 2.75) is 206 Å². The van der Waals surface area contributed by atoms with Crippen LogP contribution in [0.3, 0.4) is 0 Å². The molecule has 0 saturated carbocycles. The molecule has 1 unspecified atom stereocenters. The highest BCUT2D eigenvalue weighted by atomic mass is 15.1. The second-order valence-electron chi connectivity index (χ2n) is 12.4. The largest absolute Gasteiger partial charge is 0.306 e. The summed E-state index contributed by atoms with van der Waals surface area (Å²) in [5.74, 6) is 0. The first kappa shape index (κ1) is 36.7. The minimum absolute atomic E-state index is 0.816. The van der Waals surface area contributed by atoms with Crippen LogP contribution < -0.4 is 0 Å². The van der Waals surface area contributed by atoms with Crippen LogP contribution in [0.1, 0.15) is 200 Å². The molecule has 0 aromatic carbocycles. The molecule has 0 rings (SSSR count). The Kier molecular flexibility index (Phi) is 31.7. The van der Waals surface area contributed by atoms with Gasteiger partial charge in [0.25, 0.3) is 0 Å². The zero-order valence-electron chi connectivity index (χ0n) is 26.7. The maximum absolute atomic E-state index is 2.49. The van der Waals surface area contributed by atoms with Gasteiger partial charge in [0.05, 0.1) is 0 Å². The van der Waals surface area contributed by atoms with Crippen LogP contribution in [-0.2, 0) is 0 Å². The molecule has 0 N–H and O–H groups in total. The lowest BCUT2D eigenvalue weighted by molar-refractivity contribution is 0.251. The van der Waals surface area contributed by atoms with E-state index in [1.165, 1.54) is 186 Å². The molecule has 0 aliphatic rings. The van der Waals surface area contributed by atoms with Crippen LogP contribution in [0.5, 0.6) is 0 Å². The number of nitrogens with zero attached hydrogens (tertiary/aromatic N) is 1. The highest BCUT2D eigenvalue weighted by Crippen LogP contribution is 2.18. The van der Waals surface area contributed by atoms with Crippen molar-refractivity contribution in [3.63, 3.8) is 0 Å². The summed E-state index contributed by atoms with van der Waals surface area (Å²) in [6.07, 6.45) is 46.3. The Morgan fingerprint density at radius 2 is 0.649 bits per heavy atom. The van der Waals surface area contributed by atoms with Crippen molar-refractivity contribution in [2.24, 2.45) is 0 Å². The molecule has 1 nitrogen and oxygen atoms in total. The molecule has 1 atom stereocenters. The molecule has 0 heterocycles. The summed E-state index contributed by atoms with van der Waals surface area (Å²) in [7, 11) is 4.58. The minimum atomic E-state index is 0.816. The van der Waals surface area contributed by atoms with Crippen LogP contribution in [0.25, 0.3) is 0 Å². The van der Waals surface area contributed by atoms with Gasteiger partial charge in [-0.3, -0.25) is 0 Å². The van der Waals surface area contributed by atoms with Crippen molar-refractivity contribution >= 4 is 0 Å². The van der Waals surface area contributed by atoms with Crippen LogP contribution >= 0.6 is 0 Å². The quantitative estimate of drug-likeness (QED) is 0.0650. The Balaban J connectivity index is 3.33. The Bertz CT molecular complexity index is 426. The number of hydrogen-bond acceptors (Lipinski definition) is 1. The standard InChI is InChI=1S/C36H73N/c1-5-7-9-11-13-14-15-16-17-18-19-20-21-22-23-24-25-26-27-29-31-33-35-36(37(3)4)34-32-30-28-12-10-8-6-2/h17-18,36H,5-16,19-35H2,1-4H3/b18-17-. The lowest BCUT2D eigenvalue weighted by Gasteiger charge is -2.24. The van der Waals surface area contributed by atoms with Gasteiger partial charge in [0.2, 0.25) is 0 Å². The average molecular weight is 520 g/mol. The molecule has 0 aliphatic carbocycles. The summed E-state index contributed by atoms with van der Waals surface area (Å²) in [6.45, 7) is 4.61. The van der Waals surface area contributed by atoms with Gasteiger partial charge in [-0.25, -0.2) is 0 Å². The van der Waals surface area contributed by atoms with Crippen LogP contribution in [0.4, 0.5) is 0 Å². The molecule has 0 spiro atoms. The van der Waals surface area contributed by atoms with E-state index in [1.807, 2.05) is 0 Å². The topological polar surface area (TPSA) is 3.24 Å². The van der Waals surface area contributed by atoms with Crippen molar-refractivity contribution in [1.29, 1.82) is 0 Å². The number of hydrogen-bond donors (Lipinski definition) is 0. The minimum Gasteiger partial charge on any atom is -0.306 e. The van der Waals surface area contributed by atoms with Gasteiger partial charge in [0, 0.05) is 6.04 Å². The Morgan fingerprint density at radius 3 is 0.946 bits per heavy atom. The monoisotopic (exact) mass is 520 g/mol. The van der Waals surface area contributed by atoms with Gasteiger partial charge in [-0.15, -0.1) is 0 Å². The van der Waals surface area contributed by atoms with Crippen LogP contribution in [0.15, 0.2) is 12.2 Å². The fourth-order valence-corrected chi connectivity index (χ4v) is 5.69. The molecular formula is C36H73N. The second-order valence-corrected chi connectivity index (χ2v) is 12.4. The van der Waals surface area contributed by atoms with Gasteiger partial charge in [-0.2, -0.15) is 0 Å². The second kappa shape index (κ2) is 31.9. The van der Waals surface area contributed by atoms with Gasteiger partial charge in [-0.1, -0.05) is 174 Å². The van der Waals surface area contributed by atoms with Crippen LogP contribution in [0, 0.1) is 0 Å². The molecular weight excluding hydrogens is 446 g/mol. The number of rotatable bonds is 31. The zero-order valence-corrected chi connectivity index (χ0v) is 26.7. The first-order chi connectivity index (χ1) is 18.2. The van der Waals surface area contributed by atoms with E-state index in [0.717, 1.165) is 6.04 Å². The molecule has 0 bridgehead atoms. The summed E-state index contributed by atoms with van der Waals surface area (Å²) in [5, 5.41) is 0. The van der Waals surface area contributed by atoms with E-state index in [1.54, 1.807) is 0 Å². The third-order valence-corrected chi connectivity index (χ3v) is 8.42. The van der Waals surface area contributed by atoms with Crippen molar-refractivity contribution in [3.05, 3.63) is 12.2 Å². The normalized spacial score (nSPS) is 12.8. The summed E-state index contributed by atoms with van der Waals surface area (Å²) in [4.78, 5) is 2.49. The molecule has 0 aromatic rings. The van der Waals surface area contributed by atoms with E-state index in [0.29, 0.717) is 0 Å². The summed E-state index contributed by atoms with van der Waals surface area (Å²) < 4.78 is 0. The Labute approximate surface area is 237 Å². The fourth-order valence-electron chi connectivity index (χ4n) is 5.69. The van der Waals surface area contributed by atoms with E-state index >= 15 is 0 Å². The van der Waals surface area contributed by atoms with Gasteiger partial charge >= 0.3 is 0 Å². The molecule has 0 radical (unpaired) electrons. The first-order valence-corrected chi connectivity index (χ1v) is 17.5. The van der Waals surface area contributed by atoms with E-state index in [-0.39, 0.29) is 0 Å². The number of unbranched alkanes of at least 4 members (excludes halogenated alkanes) is 24. The zero-order chi connectivity index (χ0) is 27.1. The molecule has 37 heavy (non-hydrogen) atoms. The molecule has 0 fully saturated rings. The molecule has 0 aromatic heterocycles. The van der Waals surface area contributed by atoms with Crippen molar-refractivity contribution in [2.75, 3.05) is 14.1 Å². The SMILES string of the molecule is CCCCCCCCC/C=C\CCCCCCCCCCCCCC(CCCCCCCCC)N(C)C. The number of allylic oxidation sites excluding steroid dienone is 2. The third kappa shape index (κ3) is 30.1. The Morgan fingerprint density at radius 1 is 0.378 bits per heavy atom. The average Bonchev–Trinajstić information content (AvgIpc) is 2.89. The van der Waals surface area contributed by atoms with Gasteiger partial charge in [0.1, 0.15) is 0 Å². The maximum atomic E-state index is 2.49. The molecule has 0 aliphatic heterocycles. The van der Waals surface area contributed by atoms with Crippen molar-refractivity contribution < 1.29 is 0 Å². The highest BCUT2D eigenvalue weighted by molar-refractivity contribution is 4.81. The van der Waals surface area contributed by atoms with Crippen LogP contribution in [0.2, 0.25) is 0 Å². The van der Waals surface area contributed by atoms with Crippen molar-refractivity contribution in [1.82, 2.24) is 4.90 Å². The van der Waals surface area contributed by atoms with Crippen molar-refractivity contribution in [3.8, 4) is 0 Å². The Hall–Kier alpha value is -0.300. The smallest absolute Gasteiger partial charge is 0.00891 e. The van der Waals surface area contributed by atoms with E-state index in [2.05, 4.69) is 45.0 Å². The van der Waals surface area contributed by atoms with E-state index in [4.69, 9.17) is 0 Å². The van der Waals surface area contributed by atoms with Gasteiger partial charge < -0.3 is 4.90 Å². The third-order valence-electron chi connectivity index (χ3n) is 8.42. The predicted octanol–water partition coefficient (Wildman–Crippen LogP) is 12.8. The predicted molar refractivity (Wildman–Crippen MR) is 172 cm³/mol.